The van der Waals surface area contributed by atoms with E-state index in [1.165, 1.54) is 0 Å². The summed E-state index contributed by atoms with van der Waals surface area (Å²) in [5.41, 5.74) is 1.36. The van der Waals surface area contributed by atoms with E-state index < -0.39 is 0 Å². The van der Waals surface area contributed by atoms with Crippen molar-refractivity contribution in [1.29, 1.82) is 0 Å². The Morgan fingerprint density at radius 1 is 0.840 bits per heavy atom. The highest BCUT2D eigenvalue weighted by Gasteiger charge is 2.13. The lowest BCUT2D eigenvalue weighted by atomic mass is 10.2. The van der Waals surface area contributed by atoms with Gasteiger partial charge < -0.3 is 19.5 Å². The van der Waals surface area contributed by atoms with Crippen molar-refractivity contribution >= 4 is 45.6 Å². The molecule has 0 saturated carbocycles. The molecule has 0 amide bonds. The van der Waals surface area contributed by atoms with E-state index in [0.717, 1.165) is 11.1 Å². The molecule has 1 aromatic heterocycles. The molecule has 25 heavy (non-hydrogen) atoms. The van der Waals surface area contributed by atoms with Crippen molar-refractivity contribution in [3.63, 3.8) is 0 Å². The van der Waals surface area contributed by atoms with Gasteiger partial charge in [-0.15, -0.1) is 0 Å². The molecule has 0 spiro atoms. The number of aromatic nitrogens is 2. The first-order valence-corrected chi connectivity index (χ1v) is 8.01. The van der Waals surface area contributed by atoms with Gasteiger partial charge in [-0.05, 0) is 35.9 Å². The van der Waals surface area contributed by atoms with Crippen LogP contribution in [-0.2, 0) is 0 Å². The first kappa shape index (κ1) is 17.4. The molecule has 8 heteroatoms. The minimum Gasteiger partial charge on any atom is -0.495 e. The summed E-state index contributed by atoms with van der Waals surface area (Å²) in [5, 5.41) is 4.52. The quantitative estimate of drug-likeness (QED) is 0.647. The number of hydrogen-bond acceptors (Lipinski definition) is 6. The second-order valence-corrected chi connectivity index (χ2v) is 5.79. The molecule has 3 aromatic rings. The van der Waals surface area contributed by atoms with Crippen molar-refractivity contribution in [1.82, 2.24) is 9.97 Å². The fourth-order valence-corrected chi connectivity index (χ4v) is 2.84. The largest absolute Gasteiger partial charge is 0.495 e. The minimum atomic E-state index is 0.113. The summed E-state index contributed by atoms with van der Waals surface area (Å²) in [4.78, 5) is 8.51. The molecule has 130 valence electrons. The highest BCUT2D eigenvalue weighted by Crippen LogP contribution is 2.36. The van der Waals surface area contributed by atoms with Crippen LogP contribution in [0.1, 0.15) is 0 Å². The smallest absolute Gasteiger partial charge is 0.224 e. The van der Waals surface area contributed by atoms with Crippen LogP contribution >= 0.6 is 23.2 Å². The minimum absolute atomic E-state index is 0.113. The molecule has 0 aliphatic heterocycles. The van der Waals surface area contributed by atoms with Gasteiger partial charge in [-0.25, -0.2) is 4.98 Å². The lowest BCUT2D eigenvalue weighted by Crippen LogP contribution is -1.99. The molecule has 0 fully saturated rings. The number of anilines is 2. The number of rotatable bonds is 5. The van der Waals surface area contributed by atoms with Gasteiger partial charge >= 0.3 is 0 Å². The van der Waals surface area contributed by atoms with E-state index in [2.05, 4.69) is 15.3 Å². The van der Waals surface area contributed by atoms with E-state index >= 15 is 0 Å². The molecule has 6 nitrogen and oxygen atoms in total. The third-order valence-corrected chi connectivity index (χ3v) is 4.05. The Labute approximate surface area is 154 Å². The summed E-state index contributed by atoms with van der Waals surface area (Å²) in [6, 6.07) is 8.86. The second-order valence-electron chi connectivity index (χ2n) is 5.04. The van der Waals surface area contributed by atoms with Gasteiger partial charge in [0, 0.05) is 17.1 Å². The van der Waals surface area contributed by atoms with Gasteiger partial charge in [-0.3, -0.25) is 0 Å². The molecule has 2 aromatic carbocycles. The fraction of sp³-hybridized carbons (Fsp3) is 0.176. The van der Waals surface area contributed by atoms with Gasteiger partial charge in [0.05, 0.1) is 31.9 Å². The monoisotopic (exact) mass is 379 g/mol. The van der Waals surface area contributed by atoms with Gasteiger partial charge in [-0.2, -0.15) is 4.98 Å². The molecular formula is C17H15Cl2N3O3. The topological polar surface area (TPSA) is 65.5 Å². The van der Waals surface area contributed by atoms with Crippen molar-refractivity contribution in [2.75, 3.05) is 26.6 Å². The van der Waals surface area contributed by atoms with Crippen LogP contribution in [-0.4, -0.2) is 31.3 Å². The average Bonchev–Trinajstić information content (AvgIpc) is 2.60. The van der Waals surface area contributed by atoms with E-state index in [9.17, 15) is 0 Å². The lowest BCUT2D eigenvalue weighted by Gasteiger charge is -2.13. The second kappa shape index (κ2) is 7.21. The predicted molar refractivity (Wildman–Crippen MR) is 98.9 cm³/mol. The first-order chi connectivity index (χ1) is 12.0. The molecule has 0 atom stereocenters. The number of benzene rings is 2. The number of fused-ring (bicyclic) bond motifs is 1. The van der Waals surface area contributed by atoms with Crippen molar-refractivity contribution < 1.29 is 14.2 Å². The van der Waals surface area contributed by atoms with Crippen molar-refractivity contribution in [2.45, 2.75) is 0 Å². The molecule has 0 radical (unpaired) electrons. The fourth-order valence-electron chi connectivity index (χ4n) is 2.40. The zero-order valence-corrected chi connectivity index (χ0v) is 15.3. The van der Waals surface area contributed by atoms with Crippen LogP contribution in [0.4, 0.5) is 11.5 Å². The van der Waals surface area contributed by atoms with Crippen molar-refractivity contribution in [2.24, 2.45) is 0 Å². The number of nitrogens with zero attached hydrogens (tertiary/aromatic N) is 2. The molecule has 0 bridgehead atoms. The third kappa shape index (κ3) is 3.50. The molecule has 0 aliphatic carbocycles. The van der Waals surface area contributed by atoms with Crippen LogP contribution in [0.15, 0.2) is 30.3 Å². The van der Waals surface area contributed by atoms with Gasteiger partial charge in [0.25, 0.3) is 0 Å². The Kier molecular flexibility index (Phi) is 5.01. The summed E-state index contributed by atoms with van der Waals surface area (Å²) in [6.07, 6.45) is 0. The zero-order chi connectivity index (χ0) is 18.0. The third-order valence-electron chi connectivity index (χ3n) is 3.59. The molecule has 1 N–H and O–H groups in total. The summed E-state index contributed by atoms with van der Waals surface area (Å²) >= 11 is 12.2. The molecule has 3 rings (SSSR count). The normalized spacial score (nSPS) is 10.6. The van der Waals surface area contributed by atoms with E-state index in [1.54, 1.807) is 45.6 Å². The van der Waals surface area contributed by atoms with Crippen LogP contribution in [0, 0.1) is 0 Å². The van der Waals surface area contributed by atoms with Crippen molar-refractivity contribution in [3.05, 3.63) is 40.6 Å². The van der Waals surface area contributed by atoms with Gasteiger partial charge in [0.2, 0.25) is 5.28 Å². The number of methoxy groups -OCH3 is 3. The average molecular weight is 380 g/mol. The summed E-state index contributed by atoms with van der Waals surface area (Å²) < 4.78 is 15.8. The maximum Gasteiger partial charge on any atom is 0.224 e. The van der Waals surface area contributed by atoms with Gasteiger partial charge in [0.15, 0.2) is 11.5 Å². The standard InChI is InChI=1S/C17H15Cl2N3O3/c1-23-13-5-4-9(6-11(13)18)20-16-10-7-14(24-2)15(25-3)8-12(10)21-17(19)22-16/h4-8H,1-3H3,(H,20,21,22). The number of hydrogen-bond donors (Lipinski definition) is 1. The van der Waals surface area contributed by atoms with Crippen LogP contribution in [0.2, 0.25) is 10.3 Å². The Balaban J connectivity index is 2.10. The van der Waals surface area contributed by atoms with Crippen LogP contribution in [0.3, 0.4) is 0 Å². The van der Waals surface area contributed by atoms with E-state index in [1.807, 2.05) is 6.07 Å². The summed E-state index contributed by atoms with van der Waals surface area (Å²) in [6.45, 7) is 0. The Morgan fingerprint density at radius 3 is 2.16 bits per heavy atom. The molecule has 0 saturated heterocycles. The number of halogens is 2. The van der Waals surface area contributed by atoms with E-state index in [4.69, 9.17) is 37.4 Å². The predicted octanol–water partition coefficient (Wildman–Crippen LogP) is 4.71. The Hall–Kier alpha value is -2.44. The van der Waals surface area contributed by atoms with Crippen molar-refractivity contribution in [3.8, 4) is 17.2 Å². The zero-order valence-electron chi connectivity index (χ0n) is 13.8. The van der Waals surface area contributed by atoms with Crippen LogP contribution < -0.4 is 19.5 Å². The number of nitrogens with one attached hydrogen (secondary N) is 1. The lowest BCUT2D eigenvalue weighted by molar-refractivity contribution is 0.356. The molecule has 1 heterocycles. The molecule has 0 aliphatic rings. The maximum atomic E-state index is 6.17. The Bertz CT molecular complexity index is 935. The molecular weight excluding hydrogens is 365 g/mol. The summed E-state index contributed by atoms with van der Waals surface area (Å²) in [5.74, 6) is 2.24. The highest BCUT2D eigenvalue weighted by atomic mass is 35.5. The highest BCUT2D eigenvalue weighted by molar-refractivity contribution is 6.32. The van der Waals surface area contributed by atoms with Gasteiger partial charge in [-0.1, -0.05) is 11.6 Å². The molecule has 0 unspecified atom stereocenters. The van der Waals surface area contributed by atoms with E-state index in [0.29, 0.717) is 33.6 Å². The maximum absolute atomic E-state index is 6.17. The van der Waals surface area contributed by atoms with Crippen LogP contribution in [0.25, 0.3) is 10.9 Å². The van der Waals surface area contributed by atoms with Crippen LogP contribution in [0.5, 0.6) is 17.2 Å². The Morgan fingerprint density at radius 2 is 1.52 bits per heavy atom. The SMILES string of the molecule is COc1ccc(Nc2nc(Cl)nc3cc(OC)c(OC)cc23)cc1Cl. The van der Waals surface area contributed by atoms with E-state index in [-0.39, 0.29) is 5.28 Å². The first-order valence-electron chi connectivity index (χ1n) is 7.25. The van der Waals surface area contributed by atoms with Gasteiger partial charge in [0.1, 0.15) is 11.6 Å². The number of ether oxygens (including phenoxy) is 3. The summed E-state index contributed by atoms with van der Waals surface area (Å²) in [7, 11) is 4.69.